The van der Waals surface area contributed by atoms with Crippen LogP contribution in [-0.4, -0.2) is 11.8 Å². The highest BCUT2D eigenvalue weighted by atomic mass is 16.5. The zero-order valence-corrected chi connectivity index (χ0v) is 8.79. The van der Waals surface area contributed by atoms with Gasteiger partial charge in [0.1, 0.15) is 0 Å². The molecule has 0 aliphatic heterocycles. The van der Waals surface area contributed by atoms with E-state index >= 15 is 0 Å². The molecule has 0 fully saturated rings. The van der Waals surface area contributed by atoms with Crippen LogP contribution in [0.4, 0.5) is 0 Å². The summed E-state index contributed by atoms with van der Waals surface area (Å²) in [6.07, 6.45) is 0. The Morgan fingerprint density at radius 3 is 2.00 bits per heavy atom. The fraction of sp³-hybridized carbons (Fsp3) is 0.273. The van der Waals surface area contributed by atoms with Crippen molar-refractivity contribution in [1.29, 1.82) is 10.8 Å². The molecule has 0 unspecified atom stereocenters. The van der Waals surface area contributed by atoms with Crippen LogP contribution in [0.5, 0.6) is 0 Å². The lowest BCUT2D eigenvalue weighted by molar-refractivity contribution is 0.532. The van der Waals surface area contributed by atoms with Crippen molar-refractivity contribution < 1.29 is 4.74 Å². The normalized spacial score (nSPS) is 8.21. The van der Waals surface area contributed by atoms with Gasteiger partial charge >= 0.3 is 0 Å². The lowest BCUT2D eigenvalue weighted by Crippen LogP contribution is -2.08. The van der Waals surface area contributed by atoms with Gasteiger partial charge in [-0.3, -0.25) is 10.8 Å². The fourth-order valence-corrected chi connectivity index (χ4v) is 0.802. The molecule has 3 heteroatoms. The van der Waals surface area contributed by atoms with Gasteiger partial charge in [-0.25, -0.2) is 0 Å². The molecule has 14 heavy (non-hydrogen) atoms. The van der Waals surface area contributed by atoms with Gasteiger partial charge in [-0.1, -0.05) is 32.0 Å². The third kappa shape index (κ3) is 4.40. The molecule has 0 atom stereocenters. The Kier molecular flexibility index (Phi) is 6.03. The summed E-state index contributed by atoms with van der Waals surface area (Å²) < 4.78 is 4.80. The maximum atomic E-state index is 7.40. The van der Waals surface area contributed by atoms with Crippen LogP contribution in [0.15, 0.2) is 30.3 Å². The van der Waals surface area contributed by atoms with E-state index in [0.717, 1.165) is 0 Å². The number of ether oxygens (including phenoxy) is 1. The summed E-state index contributed by atoms with van der Waals surface area (Å²) in [6.45, 7) is 5.50. The zero-order valence-electron chi connectivity index (χ0n) is 8.79. The standard InChI is InChI=1S/C9H10N2O.C2H6/c1-7(10)12-9(11)8-5-3-2-4-6-8;1-2/h2-6,10-11H,1H3;1-2H3. The molecule has 0 aliphatic rings. The summed E-state index contributed by atoms with van der Waals surface area (Å²) in [4.78, 5) is 0. The van der Waals surface area contributed by atoms with Crippen molar-refractivity contribution in [2.24, 2.45) is 0 Å². The molecule has 0 heterocycles. The first-order valence-corrected chi connectivity index (χ1v) is 4.57. The second-order valence-electron chi connectivity index (χ2n) is 2.35. The van der Waals surface area contributed by atoms with Crippen molar-refractivity contribution in [3.05, 3.63) is 35.9 Å². The molecule has 0 amide bonds. The number of benzene rings is 1. The summed E-state index contributed by atoms with van der Waals surface area (Å²) in [7, 11) is 0. The predicted molar refractivity (Wildman–Crippen MR) is 59.1 cm³/mol. The summed E-state index contributed by atoms with van der Waals surface area (Å²) in [5.41, 5.74) is 0.684. The predicted octanol–water partition coefficient (Wildman–Crippen LogP) is 3.05. The second-order valence-corrected chi connectivity index (χ2v) is 2.35. The van der Waals surface area contributed by atoms with Gasteiger partial charge < -0.3 is 4.74 Å². The maximum Gasteiger partial charge on any atom is 0.220 e. The van der Waals surface area contributed by atoms with Crippen LogP contribution in [0, 0.1) is 10.8 Å². The first-order valence-electron chi connectivity index (χ1n) is 4.57. The molecular weight excluding hydrogens is 176 g/mol. The smallest absolute Gasteiger partial charge is 0.220 e. The van der Waals surface area contributed by atoms with Crippen LogP contribution in [0.3, 0.4) is 0 Å². The first kappa shape index (κ1) is 12.4. The monoisotopic (exact) mass is 192 g/mol. The molecule has 0 saturated heterocycles. The number of hydrogen-bond donors (Lipinski definition) is 2. The van der Waals surface area contributed by atoms with E-state index in [1.54, 1.807) is 12.1 Å². The summed E-state index contributed by atoms with van der Waals surface area (Å²) >= 11 is 0. The zero-order chi connectivity index (χ0) is 11.0. The largest absolute Gasteiger partial charge is 0.426 e. The minimum Gasteiger partial charge on any atom is -0.426 e. The van der Waals surface area contributed by atoms with Crippen LogP contribution < -0.4 is 0 Å². The van der Waals surface area contributed by atoms with Crippen LogP contribution in [0.2, 0.25) is 0 Å². The van der Waals surface area contributed by atoms with E-state index in [2.05, 4.69) is 0 Å². The number of hydrogen-bond acceptors (Lipinski definition) is 3. The van der Waals surface area contributed by atoms with E-state index in [9.17, 15) is 0 Å². The molecule has 0 bridgehead atoms. The molecule has 0 saturated carbocycles. The average Bonchev–Trinajstić information content (AvgIpc) is 2.21. The highest BCUT2D eigenvalue weighted by Crippen LogP contribution is 2.00. The Labute approximate surface area is 84.7 Å². The van der Waals surface area contributed by atoms with Gasteiger partial charge in [0.2, 0.25) is 5.90 Å². The van der Waals surface area contributed by atoms with Crippen molar-refractivity contribution in [2.75, 3.05) is 0 Å². The third-order valence-electron chi connectivity index (χ3n) is 1.29. The van der Waals surface area contributed by atoms with Gasteiger partial charge in [0.05, 0.1) is 0 Å². The van der Waals surface area contributed by atoms with Crippen molar-refractivity contribution in [3.63, 3.8) is 0 Å². The van der Waals surface area contributed by atoms with E-state index in [4.69, 9.17) is 15.6 Å². The SMILES string of the molecule is CC.CC(=N)OC(=N)c1ccccc1. The van der Waals surface area contributed by atoms with Crippen molar-refractivity contribution in [1.82, 2.24) is 0 Å². The molecule has 3 nitrogen and oxygen atoms in total. The Hall–Kier alpha value is -1.64. The number of nitrogens with one attached hydrogen (secondary N) is 2. The van der Waals surface area contributed by atoms with Crippen molar-refractivity contribution >= 4 is 11.8 Å². The Morgan fingerprint density at radius 1 is 1.07 bits per heavy atom. The second kappa shape index (κ2) is 6.83. The Bertz CT molecular complexity index is 293. The Morgan fingerprint density at radius 2 is 1.57 bits per heavy atom. The molecule has 2 N–H and O–H groups in total. The maximum absolute atomic E-state index is 7.40. The third-order valence-corrected chi connectivity index (χ3v) is 1.29. The molecule has 0 aliphatic carbocycles. The van der Waals surface area contributed by atoms with Gasteiger partial charge in [0.25, 0.3) is 0 Å². The molecular formula is C11H16N2O. The van der Waals surface area contributed by atoms with Gasteiger partial charge in [0.15, 0.2) is 5.90 Å². The van der Waals surface area contributed by atoms with Gasteiger partial charge in [-0.05, 0) is 12.1 Å². The van der Waals surface area contributed by atoms with Gasteiger partial charge in [0, 0.05) is 12.5 Å². The lowest BCUT2D eigenvalue weighted by atomic mass is 10.2. The van der Waals surface area contributed by atoms with Gasteiger partial charge in [-0.15, -0.1) is 0 Å². The summed E-state index contributed by atoms with van der Waals surface area (Å²) in [5.74, 6) is 0.0481. The fourth-order valence-electron chi connectivity index (χ4n) is 0.802. The van der Waals surface area contributed by atoms with Crippen molar-refractivity contribution in [3.8, 4) is 0 Å². The highest BCUT2D eigenvalue weighted by molar-refractivity contribution is 5.98. The van der Waals surface area contributed by atoms with Crippen LogP contribution in [0.25, 0.3) is 0 Å². The van der Waals surface area contributed by atoms with E-state index in [0.29, 0.717) is 5.56 Å². The molecule has 0 spiro atoms. The quantitative estimate of drug-likeness (QED) is 0.521. The summed E-state index contributed by atoms with van der Waals surface area (Å²) in [6, 6.07) is 9.06. The van der Waals surface area contributed by atoms with E-state index < -0.39 is 0 Å². The topological polar surface area (TPSA) is 56.9 Å². The van der Waals surface area contributed by atoms with Crippen LogP contribution in [0.1, 0.15) is 26.3 Å². The number of rotatable bonds is 1. The van der Waals surface area contributed by atoms with E-state index in [-0.39, 0.29) is 11.8 Å². The highest BCUT2D eigenvalue weighted by Gasteiger charge is 2.01. The van der Waals surface area contributed by atoms with E-state index in [1.807, 2.05) is 32.0 Å². The van der Waals surface area contributed by atoms with Crippen molar-refractivity contribution in [2.45, 2.75) is 20.8 Å². The molecule has 1 aromatic carbocycles. The molecule has 0 radical (unpaired) electrons. The minimum atomic E-state index is 0.0168. The average molecular weight is 192 g/mol. The van der Waals surface area contributed by atoms with Crippen LogP contribution in [-0.2, 0) is 4.74 Å². The van der Waals surface area contributed by atoms with Gasteiger partial charge in [-0.2, -0.15) is 0 Å². The first-order chi connectivity index (χ1) is 6.70. The molecule has 1 aromatic rings. The molecule has 76 valence electrons. The Balaban J connectivity index is 0.000000791. The summed E-state index contributed by atoms with van der Waals surface area (Å²) in [5, 5.41) is 14.4. The van der Waals surface area contributed by atoms with E-state index in [1.165, 1.54) is 6.92 Å². The molecule has 0 aromatic heterocycles. The molecule has 1 rings (SSSR count). The lowest BCUT2D eigenvalue weighted by Gasteiger charge is -2.03. The minimum absolute atomic E-state index is 0.0168. The van der Waals surface area contributed by atoms with Crippen LogP contribution >= 0.6 is 0 Å².